The molecule has 0 unspecified atom stereocenters. The molecule has 0 aliphatic heterocycles. The van der Waals surface area contributed by atoms with Crippen molar-refractivity contribution in [1.29, 1.82) is 0 Å². The van der Waals surface area contributed by atoms with Crippen molar-refractivity contribution in [3.63, 3.8) is 0 Å². The summed E-state index contributed by atoms with van der Waals surface area (Å²) in [5, 5.41) is 6.28. The van der Waals surface area contributed by atoms with Gasteiger partial charge in [-0.25, -0.2) is 4.98 Å². The Balaban J connectivity index is 1.35. The molecule has 6 heteroatoms. The first kappa shape index (κ1) is 19.7. The number of fused-ring (bicyclic) bond motifs is 2. The number of nitrogens with one attached hydrogen (secondary N) is 2. The van der Waals surface area contributed by atoms with Crippen LogP contribution in [0, 0.1) is 6.92 Å². The number of hydrogen-bond donors (Lipinski definition) is 2. The summed E-state index contributed by atoms with van der Waals surface area (Å²) in [7, 11) is 0. The van der Waals surface area contributed by atoms with Crippen LogP contribution in [-0.4, -0.2) is 9.97 Å². The second kappa shape index (κ2) is 8.10. The van der Waals surface area contributed by atoms with Crippen LogP contribution in [0.15, 0.2) is 40.5 Å². The first-order chi connectivity index (χ1) is 14.6. The highest BCUT2D eigenvalue weighted by Crippen LogP contribution is 2.35. The fourth-order valence-electron chi connectivity index (χ4n) is 4.23. The summed E-state index contributed by atoms with van der Waals surface area (Å²) in [5.74, 6) is 0.688. The number of aromatic nitrogens is 2. The molecule has 5 rings (SSSR count). The first-order valence-corrected chi connectivity index (χ1v) is 12.2. The van der Waals surface area contributed by atoms with Gasteiger partial charge in [0.15, 0.2) is 0 Å². The maximum atomic E-state index is 12.8. The Labute approximate surface area is 184 Å². The Kier molecular flexibility index (Phi) is 5.31. The third-order valence-corrected chi connectivity index (χ3v) is 7.85. The molecule has 2 N–H and O–H groups in total. The summed E-state index contributed by atoms with van der Waals surface area (Å²) >= 11 is 3.25. The van der Waals surface area contributed by atoms with Crippen LogP contribution in [0.2, 0.25) is 0 Å². The SMILES string of the molecule is Cc1ccc(-c2csc3nc(CN[C@H](C)c4ccc5c(c4)CCCC5)[nH]c(=O)c23)s1. The molecule has 0 amide bonds. The summed E-state index contributed by atoms with van der Waals surface area (Å²) in [4.78, 5) is 23.7. The van der Waals surface area contributed by atoms with Crippen molar-refractivity contribution in [3.8, 4) is 10.4 Å². The molecule has 30 heavy (non-hydrogen) atoms. The van der Waals surface area contributed by atoms with E-state index in [9.17, 15) is 4.79 Å². The third-order valence-electron chi connectivity index (χ3n) is 5.95. The van der Waals surface area contributed by atoms with E-state index in [0.717, 1.165) is 15.3 Å². The van der Waals surface area contributed by atoms with Gasteiger partial charge in [0.1, 0.15) is 10.7 Å². The lowest BCUT2D eigenvalue weighted by atomic mass is 9.89. The molecule has 0 saturated heterocycles. The zero-order valence-electron chi connectivity index (χ0n) is 17.2. The first-order valence-electron chi connectivity index (χ1n) is 10.5. The second-order valence-corrected chi connectivity index (χ2v) is 10.2. The van der Waals surface area contributed by atoms with Crippen molar-refractivity contribution < 1.29 is 0 Å². The smallest absolute Gasteiger partial charge is 0.260 e. The summed E-state index contributed by atoms with van der Waals surface area (Å²) in [6.45, 7) is 4.79. The number of aryl methyl sites for hydroxylation is 3. The number of rotatable bonds is 5. The minimum absolute atomic E-state index is 0.0551. The molecule has 154 valence electrons. The van der Waals surface area contributed by atoms with Crippen LogP contribution in [0.4, 0.5) is 0 Å². The van der Waals surface area contributed by atoms with Crippen molar-refractivity contribution in [2.45, 2.75) is 52.1 Å². The molecule has 3 heterocycles. The Bertz CT molecular complexity index is 1270. The molecule has 0 bridgehead atoms. The van der Waals surface area contributed by atoms with Crippen LogP contribution in [0.1, 0.15) is 53.2 Å². The lowest BCUT2D eigenvalue weighted by Crippen LogP contribution is -2.22. The number of H-pyrrole nitrogens is 1. The topological polar surface area (TPSA) is 57.8 Å². The van der Waals surface area contributed by atoms with Crippen molar-refractivity contribution in [3.05, 3.63) is 73.5 Å². The van der Waals surface area contributed by atoms with Crippen LogP contribution < -0.4 is 10.9 Å². The van der Waals surface area contributed by atoms with Gasteiger partial charge in [0, 0.05) is 26.7 Å². The minimum Gasteiger partial charge on any atom is -0.309 e. The molecule has 1 aliphatic rings. The molecular weight excluding hydrogens is 410 g/mol. The molecule has 0 radical (unpaired) electrons. The molecule has 1 aromatic carbocycles. The van der Waals surface area contributed by atoms with E-state index in [2.05, 4.69) is 54.5 Å². The maximum Gasteiger partial charge on any atom is 0.260 e. The average Bonchev–Trinajstić information content (AvgIpc) is 3.38. The largest absolute Gasteiger partial charge is 0.309 e. The normalized spacial score (nSPS) is 14.7. The van der Waals surface area contributed by atoms with E-state index in [4.69, 9.17) is 4.98 Å². The van der Waals surface area contributed by atoms with Gasteiger partial charge in [-0.1, -0.05) is 18.2 Å². The highest BCUT2D eigenvalue weighted by atomic mass is 32.1. The predicted octanol–water partition coefficient (Wildman–Crippen LogP) is 5.75. The number of hydrogen-bond acceptors (Lipinski definition) is 5. The summed E-state index contributed by atoms with van der Waals surface area (Å²) in [6.07, 6.45) is 4.98. The Morgan fingerprint density at radius 1 is 1.17 bits per heavy atom. The molecule has 1 aliphatic carbocycles. The number of aromatic amines is 1. The summed E-state index contributed by atoms with van der Waals surface area (Å²) in [5.41, 5.74) is 5.23. The molecule has 4 nitrogen and oxygen atoms in total. The molecular formula is C24H25N3OS2. The van der Waals surface area contributed by atoms with Gasteiger partial charge in [0.2, 0.25) is 0 Å². The van der Waals surface area contributed by atoms with Crippen LogP contribution >= 0.6 is 22.7 Å². The summed E-state index contributed by atoms with van der Waals surface area (Å²) in [6, 6.07) is 11.2. The fourth-order valence-corrected chi connectivity index (χ4v) is 6.15. The van der Waals surface area contributed by atoms with Gasteiger partial charge in [0.25, 0.3) is 5.56 Å². The average molecular weight is 436 g/mol. The van der Waals surface area contributed by atoms with Gasteiger partial charge in [-0.15, -0.1) is 22.7 Å². The number of thiophene rings is 2. The highest BCUT2D eigenvalue weighted by Gasteiger charge is 2.16. The van der Waals surface area contributed by atoms with Crippen LogP contribution in [-0.2, 0) is 19.4 Å². The third kappa shape index (κ3) is 3.75. The van der Waals surface area contributed by atoms with Gasteiger partial charge >= 0.3 is 0 Å². The van der Waals surface area contributed by atoms with Gasteiger partial charge in [0.05, 0.1) is 11.9 Å². The number of benzene rings is 1. The Hall–Kier alpha value is -2.28. The van der Waals surface area contributed by atoms with Crippen molar-refractivity contribution in [1.82, 2.24) is 15.3 Å². The van der Waals surface area contributed by atoms with Gasteiger partial charge < -0.3 is 10.3 Å². The van der Waals surface area contributed by atoms with Crippen LogP contribution in [0.25, 0.3) is 20.7 Å². The lowest BCUT2D eigenvalue weighted by Gasteiger charge is -2.20. The quantitative estimate of drug-likeness (QED) is 0.419. The number of nitrogens with zero attached hydrogens (tertiary/aromatic N) is 1. The Morgan fingerprint density at radius 2 is 2.00 bits per heavy atom. The zero-order valence-corrected chi connectivity index (χ0v) is 18.9. The maximum absolute atomic E-state index is 12.8. The van der Waals surface area contributed by atoms with E-state index in [1.165, 1.54) is 47.3 Å². The van der Waals surface area contributed by atoms with Gasteiger partial charge in [-0.2, -0.15) is 0 Å². The van der Waals surface area contributed by atoms with E-state index < -0.39 is 0 Å². The summed E-state index contributed by atoms with van der Waals surface area (Å²) < 4.78 is 0. The second-order valence-electron chi connectivity index (χ2n) is 8.09. The molecule has 0 spiro atoms. The van der Waals surface area contributed by atoms with Crippen molar-refractivity contribution in [2.75, 3.05) is 0 Å². The predicted molar refractivity (Wildman–Crippen MR) is 127 cm³/mol. The highest BCUT2D eigenvalue weighted by molar-refractivity contribution is 7.19. The lowest BCUT2D eigenvalue weighted by molar-refractivity contribution is 0.558. The molecule has 4 aromatic rings. The minimum atomic E-state index is -0.0551. The molecule has 1 atom stereocenters. The standard InChI is InChI=1S/C24H25N3OS2/c1-14-7-10-20(30-14)19-13-29-24-22(19)23(28)26-21(27-24)12-25-15(2)17-9-8-16-5-3-4-6-18(16)11-17/h7-11,13,15,25H,3-6,12H2,1-2H3,(H,26,27,28)/t15-/m1/s1. The van der Waals surface area contributed by atoms with Gasteiger partial charge in [-0.05, 0) is 68.4 Å². The van der Waals surface area contributed by atoms with E-state index >= 15 is 0 Å². The fraction of sp³-hybridized carbons (Fsp3) is 0.333. The van der Waals surface area contributed by atoms with E-state index in [0.29, 0.717) is 17.8 Å². The van der Waals surface area contributed by atoms with Crippen LogP contribution in [0.3, 0.4) is 0 Å². The monoisotopic (exact) mass is 435 g/mol. The van der Waals surface area contributed by atoms with Crippen molar-refractivity contribution >= 4 is 32.9 Å². The van der Waals surface area contributed by atoms with E-state index in [1.807, 2.05) is 5.38 Å². The molecule has 3 aromatic heterocycles. The Morgan fingerprint density at radius 3 is 2.80 bits per heavy atom. The molecule has 0 saturated carbocycles. The molecule has 0 fully saturated rings. The van der Waals surface area contributed by atoms with Crippen molar-refractivity contribution in [2.24, 2.45) is 0 Å². The zero-order chi connectivity index (χ0) is 20.7. The van der Waals surface area contributed by atoms with Gasteiger partial charge in [-0.3, -0.25) is 4.79 Å². The van der Waals surface area contributed by atoms with E-state index in [-0.39, 0.29) is 11.6 Å². The van der Waals surface area contributed by atoms with E-state index in [1.54, 1.807) is 22.7 Å². The van der Waals surface area contributed by atoms with Crippen LogP contribution in [0.5, 0.6) is 0 Å².